The topological polar surface area (TPSA) is 73.8 Å². The molecule has 0 heterocycles. The summed E-state index contributed by atoms with van der Waals surface area (Å²) in [6, 6.07) is 0. The minimum atomic E-state index is -0.369. The van der Waals surface area contributed by atoms with Crippen molar-refractivity contribution < 1.29 is 39.1 Å². The zero-order valence-electron chi connectivity index (χ0n) is 30.0. The summed E-state index contributed by atoms with van der Waals surface area (Å²) in [7, 11) is 0. The predicted molar refractivity (Wildman–Crippen MR) is 162 cm³/mol. The lowest BCUT2D eigenvalue weighted by atomic mass is 9.91. The van der Waals surface area contributed by atoms with Crippen molar-refractivity contribution in [2.24, 2.45) is 5.92 Å². The highest BCUT2D eigenvalue weighted by atomic mass is 17.2. The first-order valence-corrected chi connectivity index (χ1v) is 14.8. The molecule has 0 rings (SSSR count). The largest absolute Gasteiger partial charge is 0.233 e. The predicted octanol–water partition coefficient (Wildman–Crippen LogP) is 9.49. The smallest absolute Gasteiger partial charge is 0.0983 e. The molecule has 8 heteroatoms. The van der Waals surface area contributed by atoms with Crippen LogP contribution in [0.25, 0.3) is 0 Å². The molecule has 0 aliphatic carbocycles. The molecule has 0 radical (unpaired) electrons. The highest BCUT2D eigenvalue weighted by molar-refractivity contribution is 4.76. The van der Waals surface area contributed by atoms with Gasteiger partial charge in [-0.25, -0.2) is 39.1 Å². The van der Waals surface area contributed by atoms with Crippen LogP contribution < -0.4 is 0 Å². The van der Waals surface area contributed by atoms with Crippen LogP contribution in [0, 0.1) is 5.92 Å². The molecule has 0 N–H and O–H groups in total. The van der Waals surface area contributed by atoms with Crippen LogP contribution in [0.1, 0.15) is 158 Å². The van der Waals surface area contributed by atoms with Crippen LogP contribution in [0.2, 0.25) is 0 Å². The molecule has 0 aromatic rings. The van der Waals surface area contributed by atoms with Gasteiger partial charge in [-0.15, -0.1) is 0 Å². The normalized spacial score (nSPS) is 15.9. The van der Waals surface area contributed by atoms with Gasteiger partial charge in [-0.1, -0.05) is 6.92 Å². The fraction of sp³-hybridized carbons (Fsp3) is 1.00. The number of hydrogen-bond acceptors (Lipinski definition) is 8. The van der Waals surface area contributed by atoms with Crippen LogP contribution in [-0.4, -0.2) is 45.3 Å². The van der Waals surface area contributed by atoms with Gasteiger partial charge in [0.2, 0.25) is 0 Å². The van der Waals surface area contributed by atoms with Crippen LogP contribution in [0.5, 0.6) is 0 Å². The first-order chi connectivity index (χ1) is 17.3. The Hall–Kier alpha value is -0.320. The maximum Gasteiger partial charge on any atom is 0.0983 e. The van der Waals surface area contributed by atoms with Gasteiger partial charge in [0.1, 0.15) is 0 Å². The minimum absolute atomic E-state index is 0.00765. The van der Waals surface area contributed by atoms with Gasteiger partial charge in [0.25, 0.3) is 0 Å². The Morgan fingerprint density at radius 2 is 0.650 bits per heavy atom. The molecule has 0 aliphatic rings. The number of hydrogen-bond donors (Lipinski definition) is 0. The first-order valence-electron chi connectivity index (χ1n) is 14.8. The molecule has 2 unspecified atom stereocenters. The molecule has 0 spiro atoms. The standard InChI is InChI=1S/2C16H34O4/c1-13(2,3)17-19-15(7,8)11-12-16(9,10)20-18-14(4,5)6;1-12(13(2)17-18-14(3,4)5)11-16(9,10)20-19-15(6,7)8/h11-12H2,1-10H3;12-13H,11H2,1-10H3. The van der Waals surface area contributed by atoms with Crippen molar-refractivity contribution in [1.29, 1.82) is 0 Å². The SMILES string of the molecule is CC(C)(C)OOC(C)(C)CCC(C)(C)OOC(C)(C)C.CC(CC(C)(C)OOC(C)(C)C)C(C)OOC(C)(C)C. The Morgan fingerprint density at radius 1 is 0.375 bits per heavy atom. The molecule has 244 valence electrons. The average Bonchev–Trinajstić information content (AvgIpc) is 2.71. The van der Waals surface area contributed by atoms with E-state index in [1.54, 1.807) is 0 Å². The highest BCUT2D eigenvalue weighted by Gasteiger charge is 2.31. The van der Waals surface area contributed by atoms with Gasteiger partial charge in [-0.3, -0.25) is 0 Å². The highest BCUT2D eigenvalue weighted by Crippen LogP contribution is 2.28. The lowest BCUT2D eigenvalue weighted by Crippen LogP contribution is -2.35. The van der Waals surface area contributed by atoms with Crippen molar-refractivity contribution >= 4 is 0 Å². The van der Waals surface area contributed by atoms with E-state index in [-0.39, 0.29) is 51.2 Å². The van der Waals surface area contributed by atoms with Crippen molar-refractivity contribution in [2.45, 2.75) is 203 Å². The van der Waals surface area contributed by atoms with Crippen LogP contribution in [0.3, 0.4) is 0 Å². The molecule has 40 heavy (non-hydrogen) atoms. The Balaban J connectivity index is 0. The Kier molecular flexibility index (Phi) is 16.7. The first kappa shape index (κ1) is 41.8. The van der Waals surface area contributed by atoms with Gasteiger partial charge in [0.05, 0.1) is 45.3 Å². The van der Waals surface area contributed by atoms with Crippen molar-refractivity contribution in [3.63, 3.8) is 0 Å². The molecular formula is C32H68O8. The van der Waals surface area contributed by atoms with Gasteiger partial charge in [-0.05, 0) is 157 Å². The van der Waals surface area contributed by atoms with E-state index in [1.165, 1.54) is 0 Å². The maximum absolute atomic E-state index is 5.56. The summed E-state index contributed by atoms with van der Waals surface area (Å²) in [5.41, 5.74) is -2.32. The lowest BCUT2D eigenvalue weighted by molar-refractivity contribution is -0.410. The summed E-state index contributed by atoms with van der Waals surface area (Å²) >= 11 is 0. The molecule has 0 saturated carbocycles. The fourth-order valence-electron chi connectivity index (χ4n) is 2.69. The second-order valence-electron chi connectivity index (χ2n) is 16.8. The van der Waals surface area contributed by atoms with Crippen molar-refractivity contribution in [3.8, 4) is 0 Å². The molecule has 0 aliphatic heterocycles. The summed E-state index contributed by atoms with van der Waals surface area (Å²) in [5, 5.41) is 0. The second-order valence-corrected chi connectivity index (χ2v) is 16.8. The second kappa shape index (κ2) is 15.9. The minimum Gasteiger partial charge on any atom is -0.233 e. The van der Waals surface area contributed by atoms with Crippen LogP contribution >= 0.6 is 0 Å². The van der Waals surface area contributed by atoms with Crippen LogP contribution in [-0.2, 0) is 39.1 Å². The summed E-state index contributed by atoms with van der Waals surface area (Å²) in [5.74, 6) is 0.288. The Bertz CT molecular complexity index is 643. The van der Waals surface area contributed by atoms with E-state index in [4.69, 9.17) is 39.1 Å². The van der Waals surface area contributed by atoms with E-state index in [1.807, 2.05) is 132 Å². The monoisotopic (exact) mass is 580 g/mol. The lowest BCUT2D eigenvalue weighted by Gasteiger charge is -2.33. The molecule has 0 aromatic heterocycles. The fourth-order valence-corrected chi connectivity index (χ4v) is 2.69. The summed E-state index contributed by atoms with van der Waals surface area (Å²) < 4.78 is 0. The third-order valence-corrected chi connectivity index (χ3v) is 4.95. The summed E-state index contributed by atoms with van der Waals surface area (Å²) in [4.78, 5) is 43.7. The molecular weight excluding hydrogens is 512 g/mol. The number of rotatable bonds is 14. The molecule has 0 fully saturated rings. The van der Waals surface area contributed by atoms with E-state index in [0.717, 1.165) is 19.3 Å². The van der Waals surface area contributed by atoms with Crippen molar-refractivity contribution in [1.82, 2.24) is 0 Å². The van der Waals surface area contributed by atoms with E-state index in [0.29, 0.717) is 0 Å². The average molecular weight is 581 g/mol. The maximum atomic E-state index is 5.56. The van der Waals surface area contributed by atoms with Gasteiger partial charge < -0.3 is 0 Å². The van der Waals surface area contributed by atoms with Gasteiger partial charge in [0, 0.05) is 0 Å². The third-order valence-electron chi connectivity index (χ3n) is 4.95. The van der Waals surface area contributed by atoms with E-state index < -0.39 is 0 Å². The summed E-state index contributed by atoms with van der Waals surface area (Å²) in [6.07, 6.45) is 2.43. The Morgan fingerprint density at radius 3 is 0.925 bits per heavy atom. The molecule has 0 amide bonds. The quantitative estimate of drug-likeness (QED) is 0.149. The van der Waals surface area contributed by atoms with Gasteiger partial charge >= 0.3 is 0 Å². The molecule has 2 atom stereocenters. The van der Waals surface area contributed by atoms with Gasteiger partial charge in [0.15, 0.2) is 0 Å². The van der Waals surface area contributed by atoms with Crippen LogP contribution in [0.4, 0.5) is 0 Å². The Labute approximate surface area is 248 Å². The third kappa shape index (κ3) is 27.8. The molecule has 0 aromatic carbocycles. The van der Waals surface area contributed by atoms with E-state index in [2.05, 4.69) is 6.92 Å². The zero-order valence-corrected chi connectivity index (χ0v) is 30.0. The van der Waals surface area contributed by atoms with Gasteiger partial charge in [-0.2, -0.15) is 0 Å². The van der Waals surface area contributed by atoms with Crippen LogP contribution in [0.15, 0.2) is 0 Å². The zero-order chi connectivity index (χ0) is 32.4. The van der Waals surface area contributed by atoms with Crippen molar-refractivity contribution in [2.75, 3.05) is 0 Å². The van der Waals surface area contributed by atoms with Crippen molar-refractivity contribution in [3.05, 3.63) is 0 Å². The van der Waals surface area contributed by atoms with E-state index in [9.17, 15) is 0 Å². The molecule has 8 nitrogen and oxygen atoms in total. The molecule has 0 bridgehead atoms. The molecule has 0 saturated heterocycles. The summed E-state index contributed by atoms with van der Waals surface area (Å²) in [6.45, 7) is 39.8. The van der Waals surface area contributed by atoms with E-state index >= 15 is 0 Å².